The lowest BCUT2D eigenvalue weighted by atomic mass is 9.73. The Bertz CT molecular complexity index is 1430. The number of aromatic amines is 1. The van der Waals surface area contributed by atoms with Crippen molar-refractivity contribution >= 4 is 34.1 Å². The minimum atomic E-state index is -0.996. The van der Waals surface area contributed by atoms with E-state index in [1.807, 2.05) is 48.5 Å². The second kappa shape index (κ2) is 9.06. The number of rotatable bonds is 6. The molecule has 0 radical (unpaired) electrons. The third kappa shape index (κ3) is 4.03. The Hall–Kier alpha value is -4.06. The second-order valence-corrected chi connectivity index (χ2v) is 8.62. The van der Waals surface area contributed by atoms with Gasteiger partial charge in [0, 0.05) is 12.3 Å². The van der Waals surface area contributed by atoms with Gasteiger partial charge >= 0.3 is 5.97 Å². The standard InChI is InChI=1S/C28H24FN3O2/c1-17-5-4-16-30-27(17)25(19-6-2-7-19)24(20-13-10-18(11-14-20)12-15-23(33)34)21-8-3-9-22-26(21)28(29)32-31-22/h3-5,8-16,19H,2,6-7H2,1H3,(H,31,32)(H,33,34)/b15-12+,25-24+. The van der Waals surface area contributed by atoms with E-state index in [1.165, 1.54) is 0 Å². The number of aryl methyl sites for hydroxylation is 1. The molecule has 5 rings (SSSR count). The Morgan fingerprint density at radius 1 is 1.12 bits per heavy atom. The fourth-order valence-corrected chi connectivity index (χ4v) is 4.61. The first-order valence-electron chi connectivity index (χ1n) is 11.3. The highest BCUT2D eigenvalue weighted by molar-refractivity contribution is 6.06. The van der Waals surface area contributed by atoms with Gasteiger partial charge in [0.25, 0.3) is 0 Å². The summed E-state index contributed by atoms with van der Waals surface area (Å²) in [5.74, 6) is -1.21. The molecule has 1 aliphatic rings. The lowest BCUT2D eigenvalue weighted by Crippen LogP contribution is -2.16. The number of hydrogen-bond acceptors (Lipinski definition) is 3. The van der Waals surface area contributed by atoms with Crippen LogP contribution in [0.15, 0.2) is 66.9 Å². The smallest absolute Gasteiger partial charge is 0.328 e. The van der Waals surface area contributed by atoms with Crippen LogP contribution >= 0.6 is 0 Å². The molecule has 1 saturated carbocycles. The minimum absolute atomic E-state index is 0.320. The van der Waals surface area contributed by atoms with E-state index >= 15 is 0 Å². The Morgan fingerprint density at radius 3 is 2.59 bits per heavy atom. The van der Waals surface area contributed by atoms with Crippen LogP contribution < -0.4 is 0 Å². The molecular formula is C28H24FN3O2. The van der Waals surface area contributed by atoms with Crippen LogP contribution in [0.3, 0.4) is 0 Å². The van der Waals surface area contributed by atoms with Gasteiger partial charge in [-0.2, -0.15) is 4.39 Å². The van der Waals surface area contributed by atoms with Crippen molar-refractivity contribution in [1.29, 1.82) is 0 Å². The summed E-state index contributed by atoms with van der Waals surface area (Å²) in [6.07, 6.45) is 7.73. The van der Waals surface area contributed by atoms with E-state index in [2.05, 4.69) is 23.2 Å². The largest absolute Gasteiger partial charge is 0.478 e. The van der Waals surface area contributed by atoms with Crippen LogP contribution in [-0.2, 0) is 4.79 Å². The zero-order chi connectivity index (χ0) is 23.7. The Balaban J connectivity index is 1.81. The van der Waals surface area contributed by atoms with Gasteiger partial charge in [0.1, 0.15) is 0 Å². The molecule has 0 spiro atoms. The van der Waals surface area contributed by atoms with E-state index in [0.29, 0.717) is 16.8 Å². The number of fused-ring (bicyclic) bond motifs is 1. The highest BCUT2D eigenvalue weighted by Gasteiger charge is 2.30. The molecule has 5 nitrogen and oxygen atoms in total. The number of hydrogen-bond donors (Lipinski definition) is 2. The van der Waals surface area contributed by atoms with Gasteiger partial charge < -0.3 is 5.11 Å². The van der Waals surface area contributed by atoms with Gasteiger partial charge in [-0.05, 0) is 77.3 Å². The maximum atomic E-state index is 14.9. The maximum absolute atomic E-state index is 14.9. The molecule has 0 amide bonds. The first-order valence-corrected chi connectivity index (χ1v) is 11.3. The third-order valence-electron chi connectivity index (χ3n) is 6.48. The molecule has 34 heavy (non-hydrogen) atoms. The molecule has 4 aromatic rings. The van der Waals surface area contributed by atoms with Gasteiger partial charge in [0.05, 0.1) is 16.6 Å². The predicted molar refractivity (Wildman–Crippen MR) is 131 cm³/mol. The van der Waals surface area contributed by atoms with Gasteiger partial charge in [-0.1, -0.05) is 48.9 Å². The summed E-state index contributed by atoms with van der Waals surface area (Å²) in [5.41, 5.74) is 7.16. The molecule has 0 saturated heterocycles. The first-order chi connectivity index (χ1) is 16.5. The van der Waals surface area contributed by atoms with Crippen molar-refractivity contribution in [2.24, 2.45) is 5.92 Å². The molecule has 2 aromatic heterocycles. The molecule has 2 aromatic carbocycles. The van der Waals surface area contributed by atoms with Gasteiger partial charge in [0.15, 0.2) is 0 Å². The second-order valence-electron chi connectivity index (χ2n) is 8.62. The van der Waals surface area contributed by atoms with Gasteiger partial charge in [-0.15, -0.1) is 5.10 Å². The quantitative estimate of drug-likeness (QED) is 0.338. The van der Waals surface area contributed by atoms with E-state index in [4.69, 9.17) is 10.1 Å². The monoisotopic (exact) mass is 453 g/mol. The number of benzene rings is 2. The molecule has 0 unspecified atom stereocenters. The molecule has 2 heterocycles. The van der Waals surface area contributed by atoms with Crippen LogP contribution in [0.25, 0.3) is 28.1 Å². The lowest BCUT2D eigenvalue weighted by molar-refractivity contribution is -0.131. The highest BCUT2D eigenvalue weighted by Crippen LogP contribution is 2.46. The van der Waals surface area contributed by atoms with Gasteiger partial charge in [-0.25, -0.2) is 4.79 Å². The normalized spacial score (nSPS) is 14.9. The summed E-state index contributed by atoms with van der Waals surface area (Å²) in [4.78, 5) is 15.7. The van der Waals surface area contributed by atoms with Crippen molar-refractivity contribution in [2.45, 2.75) is 26.2 Å². The molecule has 2 N–H and O–H groups in total. The molecule has 1 aliphatic carbocycles. The Kier molecular flexibility index (Phi) is 5.80. The summed E-state index contributed by atoms with van der Waals surface area (Å²) in [6, 6.07) is 17.3. The highest BCUT2D eigenvalue weighted by atomic mass is 19.1. The lowest BCUT2D eigenvalue weighted by Gasteiger charge is -2.31. The van der Waals surface area contributed by atoms with E-state index in [0.717, 1.165) is 64.4 Å². The predicted octanol–water partition coefficient (Wildman–Crippen LogP) is 6.26. The minimum Gasteiger partial charge on any atom is -0.478 e. The van der Waals surface area contributed by atoms with Crippen molar-refractivity contribution < 1.29 is 14.3 Å². The van der Waals surface area contributed by atoms with Crippen molar-refractivity contribution in [1.82, 2.24) is 15.2 Å². The van der Waals surface area contributed by atoms with Crippen LogP contribution in [0.5, 0.6) is 0 Å². The van der Waals surface area contributed by atoms with Crippen LogP contribution in [-0.4, -0.2) is 26.3 Å². The van der Waals surface area contributed by atoms with Crippen LogP contribution in [0.1, 0.15) is 47.2 Å². The fourth-order valence-electron chi connectivity index (χ4n) is 4.61. The van der Waals surface area contributed by atoms with Crippen molar-refractivity contribution in [3.8, 4) is 0 Å². The SMILES string of the molecule is Cc1cccnc1/C(=C(\c1ccc(/C=C/C(=O)O)cc1)c1cccc2[nH]nc(F)c12)C1CCC1. The number of carboxylic acids is 1. The topological polar surface area (TPSA) is 78.9 Å². The number of halogens is 1. The summed E-state index contributed by atoms with van der Waals surface area (Å²) in [5, 5.41) is 16.0. The molecule has 170 valence electrons. The van der Waals surface area contributed by atoms with Crippen LogP contribution in [0.2, 0.25) is 0 Å². The molecule has 0 aliphatic heterocycles. The number of nitrogens with zero attached hydrogens (tertiary/aromatic N) is 2. The van der Waals surface area contributed by atoms with Crippen LogP contribution in [0.4, 0.5) is 4.39 Å². The van der Waals surface area contributed by atoms with Gasteiger partial charge in [-0.3, -0.25) is 10.1 Å². The van der Waals surface area contributed by atoms with Crippen molar-refractivity contribution in [3.05, 3.63) is 101 Å². The number of H-pyrrole nitrogens is 1. The summed E-state index contributed by atoms with van der Waals surface area (Å²) in [7, 11) is 0. The maximum Gasteiger partial charge on any atom is 0.328 e. The number of aliphatic carboxylic acids is 1. The molecule has 0 atom stereocenters. The van der Waals surface area contributed by atoms with E-state index in [9.17, 15) is 9.18 Å². The zero-order valence-electron chi connectivity index (χ0n) is 18.8. The van der Waals surface area contributed by atoms with E-state index < -0.39 is 11.9 Å². The average molecular weight is 454 g/mol. The third-order valence-corrected chi connectivity index (χ3v) is 6.48. The molecular weight excluding hydrogens is 429 g/mol. The molecule has 6 heteroatoms. The first kappa shape index (κ1) is 21.8. The summed E-state index contributed by atoms with van der Waals surface area (Å²) < 4.78 is 14.9. The fraction of sp³-hybridized carbons (Fsp3) is 0.179. The average Bonchev–Trinajstić information content (AvgIpc) is 3.19. The number of carbonyl (C=O) groups is 1. The van der Waals surface area contributed by atoms with E-state index in [-0.39, 0.29) is 0 Å². The number of aromatic nitrogens is 3. The number of allylic oxidation sites excluding steroid dienone is 1. The van der Waals surface area contributed by atoms with Crippen molar-refractivity contribution in [2.75, 3.05) is 0 Å². The summed E-state index contributed by atoms with van der Waals surface area (Å²) in [6.45, 7) is 2.05. The Morgan fingerprint density at radius 2 is 1.91 bits per heavy atom. The Labute approximate surface area is 196 Å². The number of carboxylic acid groups (broad SMARTS) is 1. The van der Waals surface area contributed by atoms with Crippen LogP contribution in [0, 0.1) is 18.8 Å². The van der Waals surface area contributed by atoms with E-state index in [1.54, 1.807) is 12.3 Å². The van der Waals surface area contributed by atoms with Gasteiger partial charge in [0.2, 0.25) is 5.95 Å². The van der Waals surface area contributed by atoms with Crippen molar-refractivity contribution in [3.63, 3.8) is 0 Å². The summed E-state index contributed by atoms with van der Waals surface area (Å²) >= 11 is 0. The number of pyridine rings is 1. The molecule has 1 fully saturated rings. The zero-order valence-corrected chi connectivity index (χ0v) is 18.8. The molecule has 0 bridgehead atoms. The number of nitrogens with one attached hydrogen (secondary N) is 1.